The van der Waals surface area contributed by atoms with E-state index < -0.39 is 0 Å². The molecular weight excluding hydrogens is 216 g/mol. The van der Waals surface area contributed by atoms with Crippen molar-refractivity contribution in [3.05, 3.63) is 0 Å². The normalized spacial score (nSPS) is 23.2. The van der Waals surface area contributed by atoms with Crippen molar-refractivity contribution in [1.29, 1.82) is 0 Å². The van der Waals surface area contributed by atoms with Crippen molar-refractivity contribution in [1.82, 2.24) is 10.6 Å². The van der Waals surface area contributed by atoms with Crippen LogP contribution in [0.4, 0.5) is 0 Å². The Hall–Kier alpha value is -0.610. The van der Waals surface area contributed by atoms with Gasteiger partial charge >= 0.3 is 0 Å². The van der Waals surface area contributed by atoms with E-state index in [2.05, 4.69) is 10.6 Å². The Balaban J connectivity index is 2.58. The summed E-state index contributed by atoms with van der Waals surface area (Å²) >= 11 is 0. The number of nitrogens with one attached hydrogen (secondary N) is 2. The highest BCUT2D eigenvalue weighted by Crippen LogP contribution is 2.32. The molecule has 3 N–H and O–H groups in total. The number of carbonyl (C=O) groups excluding carboxylic acids is 1. The zero-order valence-electron chi connectivity index (χ0n) is 11.3. The smallest absolute Gasteiger partial charge is 0.226 e. The van der Waals surface area contributed by atoms with Crippen LogP contribution >= 0.6 is 0 Å². The minimum absolute atomic E-state index is 0.0151. The zero-order chi connectivity index (χ0) is 12.9. The highest BCUT2D eigenvalue weighted by atomic mass is 16.3. The molecule has 0 spiro atoms. The molecule has 0 aromatic carbocycles. The molecule has 1 heterocycles. The summed E-state index contributed by atoms with van der Waals surface area (Å²) in [6, 6.07) is -0.113. The largest absolute Gasteiger partial charge is 0.394 e. The molecule has 1 rings (SSSR count). The summed E-state index contributed by atoms with van der Waals surface area (Å²) in [4.78, 5) is 12.2. The first kappa shape index (κ1) is 14.5. The molecule has 0 aromatic rings. The first-order valence-corrected chi connectivity index (χ1v) is 6.64. The van der Waals surface area contributed by atoms with Gasteiger partial charge in [0.2, 0.25) is 5.91 Å². The number of hydrogen-bond donors (Lipinski definition) is 3. The molecule has 0 saturated carbocycles. The van der Waals surface area contributed by atoms with Crippen LogP contribution < -0.4 is 10.6 Å². The molecule has 0 aliphatic carbocycles. The molecule has 1 aliphatic rings. The predicted molar refractivity (Wildman–Crippen MR) is 68.7 cm³/mol. The van der Waals surface area contributed by atoms with Crippen molar-refractivity contribution in [3.8, 4) is 0 Å². The number of carbonyl (C=O) groups is 1. The Kier molecular flexibility index (Phi) is 5.40. The van der Waals surface area contributed by atoms with E-state index in [4.69, 9.17) is 5.11 Å². The fraction of sp³-hybridized carbons (Fsp3) is 0.923. The van der Waals surface area contributed by atoms with Gasteiger partial charge in [0, 0.05) is 5.41 Å². The molecule has 1 amide bonds. The van der Waals surface area contributed by atoms with Gasteiger partial charge in [0.25, 0.3) is 0 Å². The van der Waals surface area contributed by atoms with Gasteiger partial charge in [-0.15, -0.1) is 0 Å². The third-order valence-electron chi connectivity index (χ3n) is 3.95. The average molecular weight is 242 g/mol. The summed E-state index contributed by atoms with van der Waals surface area (Å²) in [6.07, 6.45) is 3.00. The molecule has 4 nitrogen and oxygen atoms in total. The lowest BCUT2D eigenvalue weighted by Gasteiger charge is -2.36. The van der Waals surface area contributed by atoms with Gasteiger partial charge in [-0.2, -0.15) is 0 Å². The topological polar surface area (TPSA) is 61.4 Å². The Morgan fingerprint density at radius 1 is 1.59 bits per heavy atom. The fourth-order valence-electron chi connectivity index (χ4n) is 2.30. The quantitative estimate of drug-likeness (QED) is 0.671. The molecule has 17 heavy (non-hydrogen) atoms. The van der Waals surface area contributed by atoms with E-state index in [9.17, 15) is 4.79 Å². The van der Waals surface area contributed by atoms with Gasteiger partial charge in [-0.1, -0.05) is 20.8 Å². The zero-order valence-corrected chi connectivity index (χ0v) is 11.3. The molecule has 1 aliphatic heterocycles. The number of aliphatic hydroxyl groups excluding tert-OH is 1. The summed E-state index contributed by atoms with van der Waals surface area (Å²) in [5, 5.41) is 15.4. The van der Waals surface area contributed by atoms with Crippen molar-refractivity contribution in [2.24, 2.45) is 11.3 Å². The van der Waals surface area contributed by atoms with E-state index in [1.54, 1.807) is 0 Å². The van der Waals surface area contributed by atoms with E-state index in [1.165, 1.54) is 0 Å². The number of rotatable bonds is 5. The molecule has 0 aromatic heterocycles. The summed E-state index contributed by atoms with van der Waals surface area (Å²) in [5.41, 5.74) is -0.365. The standard InChI is InChI=1S/C13H26N2O2/c1-4-11(9-16)15-12(17)13(2,3)10-6-5-7-14-8-10/h10-11,14,16H,4-9H2,1-3H3,(H,15,17)/t10?,11-/m1/s1. The van der Waals surface area contributed by atoms with Crippen molar-refractivity contribution in [2.45, 2.75) is 46.1 Å². The third kappa shape index (κ3) is 3.68. The Morgan fingerprint density at radius 3 is 2.76 bits per heavy atom. The molecular formula is C13H26N2O2. The maximum Gasteiger partial charge on any atom is 0.226 e. The number of amides is 1. The average Bonchev–Trinajstić information content (AvgIpc) is 2.36. The lowest BCUT2D eigenvalue weighted by Crippen LogP contribution is -2.50. The van der Waals surface area contributed by atoms with Gasteiger partial charge in [0.15, 0.2) is 0 Å². The third-order valence-corrected chi connectivity index (χ3v) is 3.95. The van der Waals surface area contributed by atoms with Crippen LogP contribution in [0.3, 0.4) is 0 Å². The van der Waals surface area contributed by atoms with Crippen molar-refractivity contribution in [3.63, 3.8) is 0 Å². The minimum atomic E-state index is -0.365. The summed E-state index contributed by atoms with van der Waals surface area (Å²) in [7, 11) is 0. The second kappa shape index (κ2) is 6.36. The Morgan fingerprint density at radius 2 is 2.29 bits per heavy atom. The molecule has 1 unspecified atom stereocenters. The SMILES string of the molecule is CC[C@H](CO)NC(=O)C(C)(C)C1CCCNC1. The van der Waals surface area contributed by atoms with Crippen LogP contribution in [0, 0.1) is 11.3 Å². The molecule has 4 heteroatoms. The van der Waals surface area contributed by atoms with E-state index in [-0.39, 0.29) is 24.0 Å². The second-order valence-corrected chi connectivity index (χ2v) is 5.53. The highest BCUT2D eigenvalue weighted by Gasteiger charge is 2.37. The molecule has 2 atom stereocenters. The Labute approximate surface area is 104 Å². The van der Waals surface area contributed by atoms with Crippen LogP contribution in [0.15, 0.2) is 0 Å². The van der Waals surface area contributed by atoms with Crippen LogP contribution in [-0.4, -0.2) is 36.8 Å². The summed E-state index contributed by atoms with van der Waals surface area (Å²) < 4.78 is 0. The minimum Gasteiger partial charge on any atom is -0.394 e. The number of piperidine rings is 1. The lowest BCUT2D eigenvalue weighted by atomic mass is 9.74. The van der Waals surface area contributed by atoms with E-state index in [1.807, 2.05) is 20.8 Å². The van der Waals surface area contributed by atoms with Gasteiger partial charge in [0.1, 0.15) is 0 Å². The van der Waals surface area contributed by atoms with Gasteiger partial charge in [0.05, 0.1) is 12.6 Å². The van der Waals surface area contributed by atoms with Crippen molar-refractivity contribution in [2.75, 3.05) is 19.7 Å². The first-order valence-electron chi connectivity index (χ1n) is 6.64. The maximum absolute atomic E-state index is 12.2. The van der Waals surface area contributed by atoms with Crippen molar-refractivity contribution < 1.29 is 9.90 Å². The Bertz CT molecular complexity index is 244. The molecule has 0 radical (unpaired) electrons. The van der Waals surface area contributed by atoms with E-state index in [0.29, 0.717) is 5.92 Å². The molecule has 100 valence electrons. The molecule has 0 bridgehead atoms. The highest BCUT2D eigenvalue weighted by molar-refractivity contribution is 5.82. The van der Waals surface area contributed by atoms with E-state index >= 15 is 0 Å². The van der Waals surface area contributed by atoms with Crippen molar-refractivity contribution >= 4 is 5.91 Å². The molecule has 1 fully saturated rings. The second-order valence-electron chi connectivity index (χ2n) is 5.53. The van der Waals surface area contributed by atoms with Crippen LogP contribution in [0.1, 0.15) is 40.0 Å². The van der Waals surface area contributed by atoms with Crippen LogP contribution in [0.25, 0.3) is 0 Å². The van der Waals surface area contributed by atoms with Crippen LogP contribution in [0.5, 0.6) is 0 Å². The van der Waals surface area contributed by atoms with E-state index in [0.717, 1.165) is 32.4 Å². The number of aliphatic hydroxyl groups is 1. The van der Waals surface area contributed by atoms with Crippen LogP contribution in [0.2, 0.25) is 0 Å². The van der Waals surface area contributed by atoms with Gasteiger partial charge < -0.3 is 15.7 Å². The number of hydrogen-bond acceptors (Lipinski definition) is 3. The monoisotopic (exact) mass is 242 g/mol. The maximum atomic E-state index is 12.2. The van der Waals surface area contributed by atoms with Crippen LogP contribution in [-0.2, 0) is 4.79 Å². The van der Waals surface area contributed by atoms with Gasteiger partial charge in [-0.3, -0.25) is 4.79 Å². The first-order chi connectivity index (χ1) is 8.02. The van der Waals surface area contributed by atoms with Gasteiger partial charge in [-0.25, -0.2) is 0 Å². The molecule has 1 saturated heterocycles. The lowest BCUT2D eigenvalue weighted by molar-refractivity contribution is -0.133. The summed E-state index contributed by atoms with van der Waals surface area (Å²) in [6.45, 7) is 7.96. The fourth-order valence-corrected chi connectivity index (χ4v) is 2.30. The predicted octanol–water partition coefficient (Wildman–Crippen LogP) is 0.899. The van der Waals surface area contributed by atoms with Gasteiger partial charge in [-0.05, 0) is 38.3 Å². The summed E-state index contributed by atoms with van der Waals surface area (Å²) in [5.74, 6) is 0.444.